The molecule has 4 heteroatoms. The van der Waals surface area contributed by atoms with E-state index in [9.17, 15) is 4.79 Å². The van der Waals surface area contributed by atoms with Crippen molar-refractivity contribution in [3.05, 3.63) is 11.6 Å². The number of fused-ring (bicyclic) bond motifs is 1. The first kappa shape index (κ1) is 4.43. The molecule has 44 valence electrons. The zero-order chi connectivity index (χ0) is 6.27. The van der Waals surface area contributed by atoms with Gasteiger partial charge in [-0.05, 0) is 6.08 Å². The fraction of sp³-hybridized carbons (Fsp3) is 0. The fourth-order valence-electron chi connectivity index (χ4n) is 0.757. The van der Waals surface area contributed by atoms with Crippen LogP contribution in [0.1, 0.15) is 0 Å². The zero-order valence-electron chi connectivity index (χ0n) is 4.46. The van der Waals surface area contributed by atoms with E-state index in [4.69, 9.17) is 0 Å². The van der Waals surface area contributed by atoms with Gasteiger partial charge in [-0.15, -0.1) is 0 Å². The molecule has 0 unspecified atom stereocenters. The van der Waals surface area contributed by atoms with Crippen molar-refractivity contribution in [2.45, 2.75) is 0 Å². The molecule has 0 radical (unpaired) electrons. The first-order chi connectivity index (χ1) is 4.38. The maximum absolute atomic E-state index is 10.7. The van der Waals surface area contributed by atoms with Crippen LogP contribution in [0.5, 0.6) is 0 Å². The molecule has 0 aromatic carbocycles. The monoisotopic (exact) mass is 121 g/mol. The number of amidine groups is 1. The second kappa shape index (κ2) is 1.28. The van der Waals surface area contributed by atoms with E-state index in [1.807, 2.05) is 0 Å². The van der Waals surface area contributed by atoms with Gasteiger partial charge < -0.3 is 0 Å². The van der Waals surface area contributed by atoms with Crippen molar-refractivity contribution in [3.8, 4) is 0 Å². The van der Waals surface area contributed by atoms with E-state index in [0.29, 0.717) is 11.4 Å². The number of carbonyl (C=O) groups excluding carboxylic acids is 1. The quantitative estimate of drug-likeness (QED) is 0.459. The minimum atomic E-state index is -0.164. The van der Waals surface area contributed by atoms with Crippen molar-refractivity contribution < 1.29 is 4.79 Å². The lowest BCUT2D eigenvalue weighted by molar-refractivity contribution is -0.116. The lowest BCUT2D eigenvalue weighted by atomic mass is 10.3. The predicted molar refractivity (Wildman–Crippen MR) is 32.2 cm³/mol. The number of hydrazone groups is 1. The molecular formula is C5H3N3O. The molecule has 0 bridgehead atoms. The third kappa shape index (κ3) is 0.440. The number of hydrogen-bond donors (Lipinski definition) is 1. The van der Waals surface area contributed by atoms with E-state index in [2.05, 4.69) is 15.5 Å². The Hall–Kier alpha value is -1.45. The number of amides is 1. The maximum atomic E-state index is 10.7. The van der Waals surface area contributed by atoms with Crippen molar-refractivity contribution in [3.63, 3.8) is 0 Å². The van der Waals surface area contributed by atoms with Gasteiger partial charge in [0.15, 0.2) is 5.84 Å². The Bertz CT molecular complexity index is 261. The van der Waals surface area contributed by atoms with Gasteiger partial charge in [0.1, 0.15) is 0 Å². The van der Waals surface area contributed by atoms with Crippen LogP contribution in [0.4, 0.5) is 0 Å². The number of rotatable bonds is 0. The van der Waals surface area contributed by atoms with E-state index in [0.717, 1.165) is 0 Å². The highest BCUT2D eigenvalue weighted by Crippen LogP contribution is 2.09. The summed E-state index contributed by atoms with van der Waals surface area (Å²) in [5.74, 6) is 0.336. The van der Waals surface area contributed by atoms with Gasteiger partial charge in [0.2, 0.25) is 0 Å². The lowest BCUT2D eigenvalue weighted by Crippen LogP contribution is -2.11. The molecule has 0 aromatic heterocycles. The number of allylic oxidation sites excluding steroid dienone is 1. The van der Waals surface area contributed by atoms with Crippen LogP contribution in [0.25, 0.3) is 0 Å². The van der Waals surface area contributed by atoms with Crippen LogP contribution in [0.2, 0.25) is 0 Å². The second-order valence-electron chi connectivity index (χ2n) is 1.73. The Labute approximate surface area is 51.0 Å². The maximum Gasteiger partial charge on any atom is 0.275 e. The van der Waals surface area contributed by atoms with Crippen molar-refractivity contribution in [2.75, 3.05) is 0 Å². The van der Waals surface area contributed by atoms with Gasteiger partial charge >= 0.3 is 0 Å². The molecule has 1 amide bonds. The number of nitrogens with zero attached hydrogens (tertiary/aromatic N) is 2. The number of nitrogens with one attached hydrogen (secondary N) is 1. The van der Waals surface area contributed by atoms with Crippen LogP contribution >= 0.6 is 0 Å². The fourth-order valence-corrected chi connectivity index (χ4v) is 0.757. The zero-order valence-corrected chi connectivity index (χ0v) is 4.46. The Kier molecular flexibility index (Phi) is 0.631. The molecular weight excluding hydrogens is 118 g/mol. The summed E-state index contributed by atoms with van der Waals surface area (Å²) in [6.45, 7) is 0. The van der Waals surface area contributed by atoms with Crippen LogP contribution in [0.3, 0.4) is 0 Å². The minimum absolute atomic E-state index is 0.164. The van der Waals surface area contributed by atoms with Gasteiger partial charge in [0.25, 0.3) is 5.91 Å². The molecule has 2 heterocycles. The molecule has 2 rings (SSSR count). The minimum Gasteiger partial charge on any atom is -0.267 e. The van der Waals surface area contributed by atoms with Crippen LogP contribution in [-0.4, -0.2) is 18.0 Å². The van der Waals surface area contributed by atoms with Gasteiger partial charge in [-0.1, -0.05) is 0 Å². The molecule has 0 atom stereocenters. The summed E-state index contributed by atoms with van der Waals surface area (Å²) in [6.07, 6.45) is 3.20. The van der Waals surface area contributed by atoms with Crippen LogP contribution in [0.15, 0.2) is 21.7 Å². The summed E-state index contributed by atoms with van der Waals surface area (Å²) < 4.78 is 0. The van der Waals surface area contributed by atoms with Gasteiger partial charge in [0, 0.05) is 6.21 Å². The van der Waals surface area contributed by atoms with Gasteiger partial charge in [0.05, 0.1) is 5.57 Å². The first-order valence-corrected chi connectivity index (χ1v) is 2.51. The first-order valence-electron chi connectivity index (χ1n) is 2.51. The summed E-state index contributed by atoms with van der Waals surface area (Å²) >= 11 is 0. The van der Waals surface area contributed by atoms with Crippen LogP contribution < -0.4 is 5.43 Å². The molecule has 9 heavy (non-hydrogen) atoms. The molecule has 0 aliphatic carbocycles. The van der Waals surface area contributed by atoms with Gasteiger partial charge in [-0.2, -0.15) is 5.10 Å². The van der Waals surface area contributed by atoms with Gasteiger partial charge in [-0.25, -0.2) is 10.4 Å². The standard InChI is InChI=1S/C5H3N3O/c9-5-3-1-2-6-4(3)7-8-5/h1-2H,(H,8,9). The summed E-state index contributed by atoms with van der Waals surface area (Å²) in [5.41, 5.74) is 2.85. The number of aliphatic imine (C=N–C) groups is 1. The van der Waals surface area contributed by atoms with E-state index in [1.165, 1.54) is 0 Å². The van der Waals surface area contributed by atoms with Crippen molar-refractivity contribution >= 4 is 18.0 Å². The van der Waals surface area contributed by atoms with Crippen LogP contribution in [-0.2, 0) is 4.79 Å². The molecule has 2 aliphatic heterocycles. The average molecular weight is 121 g/mol. The molecule has 0 saturated carbocycles. The Morgan fingerprint density at radius 3 is 3.22 bits per heavy atom. The molecule has 0 saturated heterocycles. The van der Waals surface area contributed by atoms with Gasteiger partial charge in [-0.3, -0.25) is 4.79 Å². The molecule has 0 fully saturated rings. The molecule has 0 spiro atoms. The third-order valence-electron chi connectivity index (χ3n) is 1.19. The van der Waals surface area contributed by atoms with Crippen molar-refractivity contribution in [1.82, 2.24) is 5.43 Å². The Morgan fingerprint density at radius 2 is 2.44 bits per heavy atom. The van der Waals surface area contributed by atoms with E-state index < -0.39 is 0 Å². The largest absolute Gasteiger partial charge is 0.275 e. The highest BCUT2D eigenvalue weighted by molar-refractivity contribution is 6.29. The summed E-state index contributed by atoms with van der Waals surface area (Å²) in [7, 11) is 0. The lowest BCUT2D eigenvalue weighted by Gasteiger charge is -1.82. The molecule has 0 aromatic rings. The number of carbonyl (C=O) groups is 1. The second-order valence-corrected chi connectivity index (χ2v) is 1.73. The summed E-state index contributed by atoms with van der Waals surface area (Å²) in [6, 6.07) is 0. The normalized spacial score (nSPS) is 21.1. The molecule has 4 nitrogen and oxygen atoms in total. The predicted octanol–water partition coefficient (Wildman–Crippen LogP) is -0.560. The average Bonchev–Trinajstić information content (AvgIpc) is 2.35. The third-order valence-corrected chi connectivity index (χ3v) is 1.19. The summed E-state index contributed by atoms with van der Waals surface area (Å²) in [5, 5.41) is 3.63. The van der Waals surface area contributed by atoms with E-state index in [-0.39, 0.29) is 5.91 Å². The number of hydrogen-bond acceptors (Lipinski definition) is 3. The Morgan fingerprint density at radius 1 is 1.56 bits per heavy atom. The Balaban J connectivity index is 2.53. The highest BCUT2D eigenvalue weighted by atomic mass is 16.2. The van der Waals surface area contributed by atoms with Crippen molar-refractivity contribution in [1.29, 1.82) is 0 Å². The molecule has 1 N–H and O–H groups in total. The highest BCUT2D eigenvalue weighted by Gasteiger charge is 2.23. The van der Waals surface area contributed by atoms with E-state index >= 15 is 0 Å². The summed E-state index contributed by atoms with van der Waals surface area (Å²) in [4.78, 5) is 14.5. The molecule has 2 aliphatic rings. The SMILES string of the molecule is O=C1NN=C2N=CC=C12. The van der Waals surface area contributed by atoms with Crippen LogP contribution in [0, 0.1) is 0 Å². The van der Waals surface area contributed by atoms with Crippen molar-refractivity contribution in [2.24, 2.45) is 10.1 Å². The topological polar surface area (TPSA) is 53.8 Å². The van der Waals surface area contributed by atoms with E-state index in [1.54, 1.807) is 12.3 Å². The smallest absolute Gasteiger partial charge is 0.267 e.